The zero-order valence-corrected chi connectivity index (χ0v) is 10.8. The lowest BCUT2D eigenvalue weighted by molar-refractivity contribution is 0.0592. The van der Waals surface area contributed by atoms with Gasteiger partial charge in [-0.1, -0.05) is 6.07 Å². The standard InChI is InChI=1S/C14H18O4/c1-16-12-9-5-8-11(14(15)17-2)13(12)18-10-6-3-4-7-10/h5,8-10H,3-4,6-7H2,1-2H3. The number of carbonyl (C=O) groups is 1. The van der Waals surface area contributed by atoms with Crippen molar-refractivity contribution in [2.75, 3.05) is 14.2 Å². The van der Waals surface area contributed by atoms with Crippen molar-refractivity contribution in [3.63, 3.8) is 0 Å². The molecule has 1 aliphatic rings. The number of rotatable bonds is 4. The first-order valence-electron chi connectivity index (χ1n) is 6.18. The van der Waals surface area contributed by atoms with E-state index in [0.717, 1.165) is 12.8 Å². The molecule has 1 aromatic rings. The third-order valence-corrected chi connectivity index (χ3v) is 3.19. The number of carbonyl (C=O) groups excluding carboxylic acids is 1. The summed E-state index contributed by atoms with van der Waals surface area (Å²) in [5.41, 5.74) is 0.420. The number of hydrogen-bond acceptors (Lipinski definition) is 4. The molecule has 4 nitrogen and oxygen atoms in total. The summed E-state index contributed by atoms with van der Waals surface area (Å²) >= 11 is 0. The van der Waals surface area contributed by atoms with E-state index >= 15 is 0 Å². The largest absolute Gasteiger partial charge is 0.493 e. The molecule has 0 aromatic heterocycles. The van der Waals surface area contributed by atoms with Crippen molar-refractivity contribution in [1.29, 1.82) is 0 Å². The van der Waals surface area contributed by atoms with Crippen LogP contribution in [0.2, 0.25) is 0 Å². The molecule has 1 aliphatic carbocycles. The Labute approximate surface area is 107 Å². The van der Waals surface area contributed by atoms with Crippen LogP contribution in [0.15, 0.2) is 18.2 Å². The molecule has 0 heterocycles. The molecule has 98 valence electrons. The van der Waals surface area contributed by atoms with Gasteiger partial charge in [-0.2, -0.15) is 0 Å². The average molecular weight is 250 g/mol. The van der Waals surface area contributed by atoms with E-state index in [-0.39, 0.29) is 6.10 Å². The molecule has 18 heavy (non-hydrogen) atoms. The lowest BCUT2D eigenvalue weighted by Gasteiger charge is -2.18. The van der Waals surface area contributed by atoms with Crippen LogP contribution in [0.3, 0.4) is 0 Å². The summed E-state index contributed by atoms with van der Waals surface area (Å²) in [6.45, 7) is 0. The van der Waals surface area contributed by atoms with Gasteiger partial charge in [0.05, 0.1) is 20.3 Å². The second kappa shape index (κ2) is 5.76. The first kappa shape index (κ1) is 12.7. The van der Waals surface area contributed by atoms with Gasteiger partial charge in [0.25, 0.3) is 0 Å². The topological polar surface area (TPSA) is 44.8 Å². The maximum Gasteiger partial charge on any atom is 0.341 e. The fourth-order valence-electron chi connectivity index (χ4n) is 2.24. The Morgan fingerprint density at radius 1 is 1.22 bits per heavy atom. The molecule has 0 atom stereocenters. The summed E-state index contributed by atoms with van der Waals surface area (Å²) in [4.78, 5) is 11.7. The van der Waals surface area contributed by atoms with Crippen molar-refractivity contribution in [3.05, 3.63) is 23.8 Å². The SMILES string of the molecule is COC(=O)c1cccc(OC)c1OC1CCCC1. The number of ether oxygens (including phenoxy) is 3. The van der Waals surface area contributed by atoms with Gasteiger partial charge in [0.2, 0.25) is 0 Å². The number of benzene rings is 1. The summed E-state index contributed by atoms with van der Waals surface area (Å²) in [5.74, 6) is 0.672. The van der Waals surface area contributed by atoms with Gasteiger partial charge in [-0.05, 0) is 37.8 Å². The van der Waals surface area contributed by atoms with Crippen molar-refractivity contribution >= 4 is 5.97 Å². The fourth-order valence-corrected chi connectivity index (χ4v) is 2.24. The lowest BCUT2D eigenvalue weighted by atomic mass is 10.2. The average Bonchev–Trinajstić information content (AvgIpc) is 2.91. The number of methoxy groups -OCH3 is 2. The molecule has 0 radical (unpaired) electrons. The predicted octanol–water partition coefficient (Wildman–Crippen LogP) is 2.80. The van der Waals surface area contributed by atoms with Crippen LogP contribution in [0.4, 0.5) is 0 Å². The molecule has 2 rings (SSSR count). The minimum atomic E-state index is -0.401. The van der Waals surface area contributed by atoms with Crippen LogP contribution in [0.1, 0.15) is 36.0 Å². The second-order valence-corrected chi connectivity index (χ2v) is 4.35. The maximum absolute atomic E-state index is 11.7. The Morgan fingerprint density at radius 3 is 2.56 bits per heavy atom. The highest BCUT2D eigenvalue weighted by atomic mass is 16.5. The van der Waals surface area contributed by atoms with E-state index in [0.29, 0.717) is 17.1 Å². The third kappa shape index (κ3) is 2.58. The van der Waals surface area contributed by atoms with Crippen LogP contribution in [-0.2, 0) is 4.74 Å². The first-order chi connectivity index (χ1) is 8.76. The van der Waals surface area contributed by atoms with Crippen molar-refractivity contribution in [1.82, 2.24) is 0 Å². The van der Waals surface area contributed by atoms with Crippen molar-refractivity contribution in [2.45, 2.75) is 31.8 Å². The highest BCUT2D eigenvalue weighted by molar-refractivity contribution is 5.93. The maximum atomic E-state index is 11.7. The Balaban J connectivity index is 2.30. The Kier molecular flexibility index (Phi) is 4.07. The summed E-state index contributed by atoms with van der Waals surface area (Å²) < 4.78 is 16.0. The monoisotopic (exact) mass is 250 g/mol. The van der Waals surface area contributed by atoms with Crippen LogP contribution >= 0.6 is 0 Å². The zero-order chi connectivity index (χ0) is 13.0. The van der Waals surface area contributed by atoms with Crippen LogP contribution in [0.25, 0.3) is 0 Å². The molecule has 0 unspecified atom stereocenters. The van der Waals surface area contributed by atoms with Crippen LogP contribution in [0.5, 0.6) is 11.5 Å². The van der Waals surface area contributed by atoms with E-state index in [1.54, 1.807) is 25.3 Å². The van der Waals surface area contributed by atoms with E-state index in [9.17, 15) is 4.79 Å². The van der Waals surface area contributed by atoms with E-state index in [2.05, 4.69) is 0 Å². The fraction of sp³-hybridized carbons (Fsp3) is 0.500. The van der Waals surface area contributed by atoms with Gasteiger partial charge in [0.15, 0.2) is 11.5 Å². The predicted molar refractivity (Wildman–Crippen MR) is 67.2 cm³/mol. The molecule has 0 amide bonds. The van der Waals surface area contributed by atoms with Crippen molar-refractivity contribution in [2.24, 2.45) is 0 Å². The Hall–Kier alpha value is -1.71. The van der Waals surface area contributed by atoms with E-state index in [1.165, 1.54) is 20.0 Å². The number of esters is 1. The van der Waals surface area contributed by atoms with Crippen LogP contribution in [0, 0.1) is 0 Å². The molecule has 0 spiro atoms. The van der Waals surface area contributed by atoms with Gasteiger partial charge in [-0.3, -0.25) is 0 Å². The molecular formula is C14H18O4. The summed E-state index contributed by atoms with van der Waals surface area (Å²) in [7, 11) is 2.93. The Bertz CT molecular complexity index is 422. The van der Waals surface area contributed by atoms with E-state index in [4.69, 9.17) is 14.2 Å². The minimum Gasteiger partial charge on any atom is -0.493 e. The highest BCUT2D eigenvalue weighted by Crippen LogP contribution is 2.35. The quantitative estimate of drug-likeness (QED) is 0.771. The molecule has 4 heteroatoms. The normalized spacial score (nSPS) is 15.4. The lowest BCUT2D eigenvalue weighted by Crippen LogP contribution is -2.15. The summed E-state index contributed by atoms with van der Waals surface area (Å²) in [6.07, 6.45) is 4.57. The summed E-state index contributed by atoms with van der Waals surface area (Å²) in [5, 5.41) is 0. The molecule has 0 aliphatic heterocycles. The van der Waals surface area contributed by atoms with Crippen molar-refractivity contribution < 1.29 is 19.0 Å². The Morgan fingerprint density at radius 2 is 1.94 bits per heavy atom. The molecule has 1 aromatic carbocycles. The molecule has 1 fully saturated rings. The van der Waals surface area contributed by atoms with Gasteiger partial charge >= 0.3 is 5.97 Å². The van der Waals surface area contributed by atoms with Gasteiger partial charge in [0.1, 0.15) is 5.56 Å². The smallest absolute Gasteiger partial charge is 0.341 e. The van der Waals surface area contributed by atoms with Gasteiger partial charge in [-0.15, -0.1) is 0 Å². The number of para-hydroxylation sites is 1. The van der Waals surface area contributed by atoms with Gasteiger partial charge < -0.3 is 14.2 Å². The molecule has 0 N–H and O–H groups in total. The van der Waals surface area contributed by atoms with Gasteiger partial charge in [0, 0.05) is 0 Å². The molecular weight excluding hydrogens is 232 g/mol. The van der Waals surface area contributed by atoms with Crippen molar-refractivity contribution in [3.8, 4) is 11.5 Å². The summed E-state index contributed by atoms with van der Waals surface area (Å²) in [6, 6.07) is 5.24. The van der Waals surface area contributed by atoms with E-state index < -0.39 is 5.97 Å². The van der Waals surface area contributed by atoms with Gasteiger partial charge in [-0.25, -0.2) is 4.79 Å². The van der Waals surface area contributed by atoms with Crippen LogP contribution < -0.4 is 9.47 Å². The zero-order valence-electron chi connectivity index (χ0n) is 10.8. The van der Waals surface area contributed by atoms with Crippen LogP contribution in [-0.4, -0.2) is 26.3 Å². The van der Waals surface area contributed by atoms with E-state index in [1.807, 2.05) is 0 Å². The minimum absolute atomic E-state index is 0.171. The molecule has 0 bridgehead atoms. The molecule has 0 saturated heterocycles. The first-order valence-corrected chi connectivity index (χ1v) is 6.18. The number of hydrogen-bond donors (Lipinski definition) is 0. The third-order valence-electron chi connectivity index (χ3n) is 3.19. The second-order valence-electron chi connectivity index (χ2n) is 4.35. The molecule has 1 saturated carbocycles. The highest BCUT2D eigenvalue weighted by Gasteiger charge is 2.23.